The summed E-state index contributed by atoms with van der Waals surface area (Å²) in [5, 5.41) is 10.5. The van der Waals surface area contributed by atoms with Crippen LogP contribution in [0.15, 0.2) is 53.7 Å². The first-order chi connectivity index (χ1) is 13.6. The molecule has 4 rings (SSSR count). The minimum Gasteiger partial charge on any atom is -0.376 e. The predicted octanol–water partition coefficient (Wildman–Crippen LogP) is 5.77. The molecule has 1 aliphatic rings. The van der Waals surface area contributed by atoms with Crippen LogP contribution in [0.1, 0.15) is 30.6 Å². The summed E-state index contributed by atoms with van der Waals surface area (Å²) in [7, 11) is 0. The van der Waals surface area contributed by atoms with Gasteiger partial charge >= 0.3 is 0 Å². The number of rotatable bonds is 6. The number of thioether (sulfide) groups is 1. The van der Waals surface area contributed by atoms with Gasteiger partial charge in [-0.25, -0.2) is 4.39 Å². The quantitative estimate of drug-likeness (QED) is 0.477. The van der Waals surface area contributed by atoms with Gasteiger partial charge in [-0.1, -0.05) is 41.6 Å². The minimum absolute atomic E-state index is 0.113. The SMILES string of the molecule is CC(Sc1nnc(-c2ccc(F)cc2)n1CC1CCCO1)c1ccccc1Cl. The maximum Gasteiger partial charge on any atom is 0.192 e. The smallest absolute Gasteiger partial charge is 0.192 e. The molecule has 146 valence electrons. The summed E-state index contributed by atoms with van der Waals surface area (Å²) in [5.41, 5.74) is 1.90. The lowest BCUT2D eigenvalue weighted by Gasteiger charge is -2.17. The average molecular weight is 418 g/mol. The van der Waals surface area contributed by atoms with Gasteiger partial charge in [-0.2, -0.15) is 0 Å². The van der Waals surface area contributed by atoms with Crippen molar-refractivity contribution in [2.24, 2.45) is 0 Å². The summed E-state index contributed by atoms with van der Waals surface area (Å²) in [4.78, 5) is 0. The van der Waals surface area contributed by atoms with Gasteiger partial charge in [0.15, 0.2) is 11.0 Å². The van der Waals surface area contributed by atoms with Gasteiger partial charge in [0.05, 0.1) is 12.6 Å². The lowest BCUT2D eigenvalue weighted by molar-refractivity contribution is 0.0953. The molecule has 2 aromatic carbocycles. The first kappa shape index (κ1) is 19.4. The van der Waals surface area contributed by atoms with Crippen LogP contribution in [0, 0.1) is 5.82 Å². The zero-order chi connectivity index (χ0) is 19.5. The fourth-order valence-electron chi connectivity index (χ4n) is 3.37. The molecule has 0 amide bonds. The van der Waals surface area contributed by atoms with E-state index in [2.05, 4.69) is 21.7 Å². The van der Waals surface area contributed by atoms with E-state index >= 15 is 0 Å². The Labute approximate surface area is 173 Å². The Bertz CT molecular complexity index is 941. The molecule has 1 fully saturated rings. The third kappa shape index (κ3) is 4.24. The van der Waals surface area contributed by atoms with E-state index in [9.17, 15) is 4.39 Å². The van der Waals surface area contributed by atoms with Crippen LogP contribution in [-0.2, 0) is 11.3 Å². The second kappa shape index (κ2) is 8.64. The topological polar surface area (TPSA) is 39.9 Å². The maximum absolute atomic E-state index is 13.4. The van der Waals surface area contributed by atoms with Gasteiger partial charge in [0, 0.05) is 22.4 Å². The Morgan fingerprint density at radius 1 is 1.21 bits per heavy atom. The zero-order valence-electron chi connectivity index (χ0n) is 15.5. The molecule has 1 aliphatic heterocycles. The summed E-state index contributed by atoms with van der Waals surface area (Å²) in [6.07, 6.45) is 2.23. The van der Waals surface area contributed by atoms with Gasteiger partial charge in [0.2, 0.25) is 0 Å². The monoisotopic (exact) mass is 417 g/mol. The van der Waals surface area contributed by atoms with Crippen molar-refractivity contribution in [2.75, 3.05) is 6.61 Å². The fraction of sp³-hybridized carbons (Fsp3) is 0.333. The molecule has 2 atom stereocenters. The number of hydrogen-bond acceptors (Lipinski definition) is 4. The molecule has 1 saturated heterocycles. The van der Waals surface area contributed by atoms with E-state index in [1.165, 1.54) is 12.1 Å². The van der Waals surface area contributed by atoms with Crippen LogP contribution in [0.3, 0.4) is 0 Å². The third-order valence-corrected chi connectivity index (χ3v) is 6.32. The first-order valence-electron chi connectivity index (χ1n) is 9.33. The highest BCUT2D eigenvalue weighted by molar-refractivity contribution is 7.99. The lowest BCUT2D eigenvalue weighted by Crippen LogP contribution is -2.16. The second-order valence-corrected chi connectivity index (χ2v) is 8.56. The van der Waals surface area contributed by atoms with Crippen molar-refractivity contribution in [3.63, 3.8) is 0 Å². The average Bonchev–Trinajstić information content (AvgIpc) is 3.34. The normalized spacial score (nSPS) is 17.8. The molecule has 0 bridgehead atoms. The Kier molecular flexibility index (Phi) is 5.99. The zero-order valence-corrected chi connectivity index (χ0v) is 17.1. The van der Waals surface area contributed by atoms with Crippen molar-refractivity contribution >= 4 is 23.4 Å². The minimum atomic E-state index is -0.268. The van der Waals surface area contributed by atoms with Crippen molar-refractivity contribution in [1.82, 2.24) is 14.8 Å². The maximum atomic E-state index is 13.4. The number of aromatic nitrogens is 3. The molecule has 3 aromatic rings. The van der Waals surface area contributed by atoms with E-state index in [1.54, 1.807) is 23.9 Å². The third-order valence-electron chi connectivity index (χ3n) is 4.85. The van der Waals surface area contributed by atoms with Crippen molar-refractivity contribution in [3.05, 3.63) is 64.9 Å². The molecule has 28 heavy (non-hydrogen) atoms. The molecule has 0 radical (unpaired) electrons. The molecule has 2 heterocycles. The van der Waals surface area contributed by atoms with Crippen molar-refractivity contribution in [1.29, 1.82) is 0 Å². The Morgan fingerprint density at radius 2 is 2.00 bits per heavy atom. The molecule has 1 aromatic heterocycles. The summed E-state index contributed by atoms with van der Waals surface area (Å²) >= 11 is 7.98. The molecule has 0 aliphatic carbocycles. The van der Waals surface area contributed by atoms with E-state index in [1.807, 2.05) is 24.3 Å². The van der Waals surface area contributed by atoms with Gasteiger partial charge in [-0.3, -0.25) is 4.57 Å². The van der Waals surface area contributed by atoms with Crippen molar-refractivity contribution in [2.45, 2.75) is 42.8 Å². The molecular weight excluding hydrogens is 397 g/mol. The van der Waals surface area contributed by atoms with E-state index < -0.39 is 0 Å². The highest BCUT2D eigenvalue weighted by Crippen LogP contribution is 2.38. The molecule has 0 saturated carbocycles. The van der Waals surface area contributed by atoms with Crippen LogP contribution >= 0.6 is 23.4 Å². The molecule has 0 spiro atoms. The van der Waals surface area contributed by atoms with Crippen LogP contribution < -0.4 is 0 Å². The highest BCUT2D eigenvalue weighted by Gasteiger charge is 2.23. The Balaban J connectivity index is 1.66. The van der Waals surface area contributed by atoms with Gasteiger partial charge in [-0.05, 0) is 55.7 Å². The summed E-state index contributed by atoms with van der Waals surface area (Å²) in [6.45, 7) is 3.57. The van der Waals surface area contributed by atoms with Crippen molar-refractivity contribution in [3.8, 4) is 11.4 Å². The van der Waals surface area contributed by atoms with E-state index in [0.717, 1.165) is 46.6 Å². The van der Waals surface area contributed by atoms with Crippen molar-refractivity contribution < 1.29 is 9.13 Å². The number of halogens is 2. The van der Waals surface area contributed by atoms with Gasteiger partial charge in [0.1, 0.15) is 5.82 Å². The molecular formula is C21H21ClFN3OS. The standard InChI is InChI=1S/C21H21ClFN3OS/c1-14(18-6-2-3-7-19(18)22)28-21-25-24-20(15-8-10-16(23)11-9-15)26(21)13-17-5-4-12-27-17/h2-3,6-11,14,17H,4-5,12-13H2,1H3. The van der Waals surface area contributed by atoms with Gasteiger partial charge in [-0.15, -0.1) is 10.2 Å². The van der Waals surface area contributed by atoms with Gasteiger partial charge in [0.25, 0.3) is 0 Å². The Hall–Kier alpha value is -1.89. The first-order valence-corrected chi connectivity index (χ1v) is 10.6. The summed E-state index contributed by atoms with van der Waals surface area (Å²) < 4.78 is 21.3. The number of ether oxygens (including phenoxy) is 1. The second-order valence-electron chi connectivity index (χ2n) is 6.84. The summed E-state index contributed by atoms with van der Waals surface area (Å²) in [5.74, 6) is 0.459. The fourth-order valence-corrected chi connectivity index (χ4v) is 4.76. The van der Waals surface area contributed by atoms with Crippen LogP contribution in [0.25, 0.3) is 11.4 Å². The van der Waals surface area contributed by atoms with Crippen LogP contribution in [0.2, 0.25) is 5.02 Å². The van der Waals surface area contributed by atoms with Crippen LogP contribution in [-0.4, -0.2) is 27.5 Å². The number of hydrogen-bond donors (Lipinski definition) is 0. The summed E-state index contributed by atoms with van der Waals surface area (Å²) in [6, 6.07) is 14.2. The number of benzene rings is 2. The number of nitrogens with zero attached hydrogens (tertiary/aromatic N) is 3. The molecule has 4 nitrogen and oxygen atoms in total. The highest BCUT2D eigenvalue weighted by atomic mass is 35.5. The largest absolute Gasteiger partial charge is 0.376 e. The van der Waals surface area contributed by atoms with E-state index in [4.69, 9.17) is 16.3 Å². The molecule has 7 heteroatoms. The Morgan fingerprint density at radius 3 is 2.71 bits per heavy atom. The van der Waals surface area contributed by atoms with E-state index in [-0.39, 0.29) is 17.2 Å². The van der Waals surface area contributed by atoms with E-state index in [0.29, 0.717) is 6.54 Å². The predicted molar refractivity (Wildman–Crippen MR) is 110 cm³/mol. The van der Waals surface area contributed by atoms with Crippen LogP contribution in [0.5, 0.6) is 0 Å². The molecule has 0 N–H and O–H groups in total. The van der Waals surface area contributed by atoms with Gasteiger partial charge < -0.3 is 4.74 Å². The lowest BCUT2D eigenvalue weighted by atomic mass is 10.2. The van der Waals surface area contributed by atoms with Crippen LogP contribution in [0.4, 0.5) is 4.39 Å². The molecule has 2 unspecified atom stereocenters.